The van der Waals surface area contributed by atoms with Crippen molar-refractivity contribution in [1.82, 2.24) is 5.32 Å². The Hall–Kier alpha value is -1.79. The van der Waals surface area contributed by atoms with E-state index in [1.54, 1.807) is 6.92 Å². The fourth-order valence-corrected chi connectivity index (χ4v) is 2.84. The molecule has 0 saturated carbocycles. The Kier molecular flexibility index (Phi) is 5.85. The van der Waals surface area contributed by atoms with E-state index in [0.29, 0.717) is 0 Å². The Morgan fingerprint density at radius 3 is 2.26 bits per heavy atom. The molecule has 23 heavy (non-hydrogen) atoms. The Labute approximate surface area is 142 Å². The summed E-state index contributed by atoms with van der Waals surface area (Å²) in [7, 11) is 0. The van der Waals surface area contributed by atoms with Crippen LogP contribution in [0.15, 0.2) is 46.9 Å². The molecule has 0 spiro atoms. The van der Waals surface area contributed by atoms with Gasteiger partial charge in [0.2, 0.25) is 5.91 Å². The van der Waals surface area contributed by atoms with Crippen molar-refractivity contribution in [2.24, 2.45) is 0 Å². The smallest absolute Gasteiger partial charge is 0.241 e. The number of anilines is 1. The zero-order valence-electron chi connectivity index (χ0n) is 12.7. The molecule has 3 nitrogen and oxygen atoms in total. The van der Waals surface area contributed by atoms with Crippen molar-refractivity contribution in [2.75, 3.05) is 5.32 Å². The molecule has 0 heterocycles. The number of benzene rings is 2. The lowest BCUT2D eigenvalue weighted by Gasteiger charge is -2.21. The second-order valence-electron chi connectivity index (χ2n) is 5.22. The summed E-state index contributed by atoms with van der Waals surface area (Å²) in [6, 6.07) is 10.3. The van der Waals surface area contributed by atoms with Crippen LogP contribution in [0.3, 0.4) is 0 Å². The van der Waals surface area contributed by atoms with Gasteiger partial charge in [-0.15, -0.1) is 0 Å². The number of carbonyl (C=O) groups is 1. The molecule has 0 aliphatic heterocycles. The third kappa shape index (κ3) is 4.36. The Balaban J connectivity index is 2.04. The van der Waals surface area contributed by atoms with Gasteiger partial charge in [-0.1, -0.05) is 40.2 Å². The first-order chi connectivity index (χ1) is 10.9. The summed E-state index contributed by atoms with van der Waals surface area (Å²) in [6.07, 6.45) is 0. The maximum absolute atomic E-state index is 13.6. The van der Waals surface area contributed by atoms with Gasteiger partial charge in [0.15, 0.2) is 0 Å². The van der Waals surface area contributed by atoms with E-state index in [9.17, 15) is 13.6 Å². The molecule has 0 saturated heterocycles. The van der Waals surface area contributed by atoms with Crippen LogP contribution in [0.5, 0.6) is 0 Å². The minimum absolute atomic E-state index is 0.114. The molecule has 0 fully saturated rings. The van der Waals surface area contributed by atoms with Gasteiger partial charge in [0.05, 0.1) is 6.04 Å². The van der Waals surface area contributed by atoms with Gasteiger partial charge in [0.25, 0.3) is 0 Å². The largest absolute Gasteiger partial charge is 0.320 e. The van der Waals surface area contributed by atoms with Crippen LogP contribution in [0.25, 0.3) is 0 Å². The van der Waals surface area contributed by atoms with E-state index in [0.717, 1.165) is 22.2 Å². The number of carbonyl (C=O) groups excluding carboxylic acids is 1. The Bertz CT molecular complexity index is 688. The van der Waals surface area contributed by atoms with Gasteiger partial charge in [0, 0.05) is 10.5 Å². The standard InChI is InChI=1S/C17H17BrF2N2O/c1-10(12-6-3-4-7-13(12)18)21-11(2)17(23)22-16-14(19)8-5-9-15(16)20/h3-11,21H,1-2H3,(H,22,23)/t10-,11+/m0/s1. The molecule has 6 heteroatoms. The normalized spacial score (nSPS) is 13.4. The van der Waals surface area contributed by atoms with E-state index < -0.39 is 29.3 Å². The van der Waals surface area contributed by atoms with Gasteiger partial charge in [-0.2, -0.15) is 0 Å². The molecule has 1 amide bonds. The minimum Gasteiger partial charge on any atom is -0.320 e. The summed E-state index contributed by atoms with van der Waals surface area (Å²) in [5.74, 6) is -2.11. The van der Waals surface area contributed by atoms with Crippen LogP contribution in [0.1, 0.15) is 25.5 Å². The topological polar surface area (TPSA) is 41.1 Å². The molecule has 2 aromatic carbocycles. The van der Waals surface area contributed by atoms with Gasteiger partial charge in [-0.05, 0) is 37.6 Å². The number of rotatable bonds is 5. The van der Waals surface area contributed by atoms with E-state index >= 15 is 0 Å². The number of amides is 1. The molecule has 2 atom stereocenters. The highest BCUT2D eigenvalue weighted by atomic mass is 79.9. The van der Waals surface area contributed by atoms with Crippen LogP contribution in [0, 0.1) is 11.6 Å². The zero-order valence-corrected chi connectivity index (χ0v) is 14.3. The van der Waals surface area contributed by atoms with Gasteiger partial charge >= 0.3 is 0 Å². The fraction of sp³-hybridized carbons (Fsp3) is 0.235. The van der Waals surface area contributed by atoms with Crippen LogP contribution in [-0.2, 0) is 4.79 Å². The molecule has 0 bridgehead atoms. The van der Waals surface area contributed by atoms with Crippen molar-refractivity contribution in [2.45, 2.75) is 25.9 Å². The maximum atomic E-state index is 13.6. The average molecular weight is 383 g/mol. The molecule has 2 rings (SSSR count). The molecule has 0 aliphatic carbocycles. The van der Waals surface area contributed by atoms with Crippen LogP contribution in [-0.4, -0.2) is 11.9 Å². The minimum atomic E-state index is -0.801. The molecule has 0 radical (unpaired) electrons. The molecule has 122 valence electrons. The van der Waals surface area contributed by atoms with Crippen LogP contribution < -0.4 is 10.6 Å². The van der Waals surface area contributed by atoms with E-state index in [1.165, 1.54) is 6.07 Å². The summed E-state index contributed by atoms with van der Waals surface area (Å²) in [4.78, 5) is 12.1. The number of hydrogen-bond donors (Lipinski definition) is 2. The first kappa shape index (κ1) is 17.6. The first-order valence-corrected chi connectivity index (χ1v) is 7.94. The monoisotopic (exact) mass is 382 g/mol. The van der Waals surface area contributed by atoms with Gasteiger partial charge in [-0.3, -0.25) is 10.1 Å². The zero-order chi connectivity index (χ0) is 17.0. The van der Waals surface area contributed by atoms with Crippen LogP contribution in [0.2, 0.25) is 0 Å². The van der Waals surface area contributed by atoms with Crippen LogP contribution in [0.4, 0.5) is 14.5 Å². The summed E-state index contributed by atoms with van der Waals surface area (Å²) in [5, 5.41) is 5.40. The molecule has 0 unspecified atom stereocenters. The van der Waals surface area contributed by atoms with E-state index in [-0.39, 0.29) is 6.04 Å². The van der Waals surface area contributed by atoms with Crippen molar-refractivity contribution in [3.05, 3.63) is 64.1 Å². The predicted octanol–water partition coefficient (Wildman–Crippen LogP) is 4.41. The summed E-state index contributed by atoms with van der Waals surface area (Å²) in [6.45, 7) is 3.55. The van der Waals surface area contributed by atoms with Crippen LogP contribution >= 0.6 is 15.9 Å². The molecule has 2 N–H and O–H groups in total. The van der Waals surface area contributed by atoms with Crippen molar-refractivity contribution < 1.29 is 13.6 Å². The molecular formula is C17H17BrF2N2O. The van der Waals surface area contributed by atoms with Gasteiger partial charge in [0.1, 0.15) is 17.3 Å². The van der Waals surface area contributed by atoms with Crippen molar-refractivity contribution in [3.8, 4) is 0 Å². The second-order valence-corrected chi connectivity index (χ2v) is 6.07. The Morgan fingerprint density at radius 1 is 1.04 bits per heavy atom. The predicted molar refractivity (Wildman–Crippen MR) is 90.1 cm³/mol. The number of nitrogens with one attached hydrogen (secondary N) is 2. The fourth-order valence-electron chi connectivity index (χ4n) is 2.22. The molecule has 0 aromatic heterocycles. The lowest BCUT2D eigenvalue weighted by atomic mass is 10.1. The maximum Gasteiger partial charge on any atom is 0.241 e. The molecule has 2 aromatic rings. The lowest BCUT2D eigenvalue weighted by molar-refractivity contribution is -0.118. The summed E-state index contributed by atoms with van der Waals surface area (Å²) in [5.41, 5.74) is 0.559. The molecule has 0 aliphatic rings. The third-order valence-electron chi connectivity index (χ3n) is 3.48. The van der Waals surface area contributed by atoms with Crippen molar-refractivity contribution in [1.29, 1.82) is 0 Å². The summed E-state index contributed by atoms with van der Waals surface area (Å²) >= 11 is 3.46. The average Bonchev–Trinajstić information content (AvgIpc) is 2.51. The highest BCUT2D eigenvalue weighted by Crippen LogP contribution is 2.23. The van der Waals surface area contributed by atoms with Crippen molar-refractivity contribution in [3.63, 3.8) is 0 Å². The second kappa shape index (κ2) is 7.66. The SMILES string of the molecule is C[C@H](N[C@H](C)C(=O)Nc1c(F)cccc1F)c1ccccc1Br. The first-order valence-electron chi connectivity index (χ1n) is 7.15. The van der Waals surface area contributed by atoms with E-state index in [1.807, 2.05) is 31.2 Å². The van der Waals surface area contributed by atoms with E-state index in [2.05, 4.69) is 26.6 Å². The number of para-hydroxylation sites is 1. The van der Waals surface area contributed by atoms with Gasteiger partial charge < -0.3 is 5.32 Å². The van der Waals surface area contributed by atoms with Crippen molar-refractivity contribution >= 4 is 27.5 Å². The summed E-state index contributed by atoms with van der Waals surface area (Å²) < 4.78 is 28.1. The Morgan fingerprint density at radius 2 is 1.65 bits per heavy atom. The number of hydrogen-bond acceptors (Lipinski definition) is 2. The van der Waals surface area contributed by atoms with E-state index in [4.69, 9.17) is 0 Å². The lowest BCUT2D eigenvalue weighted by Crippen LogP contribution is -2.39. The highest BCUT2D eigenvalue weighted by molar-refractivity contribution is 9.10. The quantitative estimate of drug-likeness (QED) is 0.804. The highest BCUT2D eigenvalue weighted by Gasteiger charge is 2.20. The third-order valence-corrected chi connectivity index (χ3v) is 4.20. The number of halogens is 3. The molecular weight excluding hydrogens is 366 g/mol. The van der Waals surface area contributed by atoms with Gasteiger partial charge in [-0.25, -0.2) is 8.78 Å².